The molecule has 0 atom stereocenters. The SMILES string of the molecule is Cc1cccc(NC(=O)c2cc(C)[nH]n2)n1. The van der Waals surface area contributed by atoms with Gasteiger partial charge in [-0.3, -0.25) is 9.89 Å². The second-order valence-electron chi connectivity index (χ2n) is 3.55. The summed E-state index contributed by atoms with van der Waals surface area (Å²) in [6.45, 7) is 3.71. The molecule has 5 heteroatoms. The van der Waals surface area contributed by atoms with Gasteiger partial charge in [0.05, 0.1) is 0 Å². The molecule has 0 aliphatic heterocycles. The first kappa shape index (κ1) is 10.4. The summed E-state index contributed by atoms with van der Waals surface area (Å²) in [5, 5.41) is 9.26. The number of anilines is 1. The first-order valence-corrected chi connectivity index (χ1v) is 4.92. The number of aryl methyl sites for hydroxylation is 2. The van der Waals surface area contributed by atoms with Crippen molar-refractivity contribution in [3.63, 3.8) is 0 Å². The minimum Gasteiger partial charge on any atom is -0.305 e. The van der Waals surface area contributed by atoms with Crippen LogP contribution in [0.4, 0.5) is 5.82 Å². The number of nitrogens with zero attached hydrogens (tertiary/aromatic N) is 2. The maximum atomic E-state index is 11.7. The number of hydrogen-bond acceptors (Lipinski definition) is 3. The highest BCUT2D eigenvalue weighted by molar-refractivity contribution is 6.02. The van der Waals surface area contributed by atoms with Gasteiger partial charge >= 0.3 is 0 Å². The van der Waals surface area contributed by atoms with E-state index in [9.17, 15) is 4.79 Å². The Morgan fingerprint density at radius 2 is 2.19 bits per heavy atom. The van der Waals surface area contributed by atoms with Crippen molar-refractivity contribution >= 4 is 11.7 Å². The van der Waals surface area contributed by atoms with Crippen molar-refractivity contribution < 1.29 is 4.79 Å². The van der Waals surface area contributed by atoms with E-state index in [1.165, 1.54) is 0 Å². The van der Waals surface area contributed by atoms with E-state index >= 15 is 0 Å². The Labute approximate surface area is 92.9 Å². The Bertz CT molecular complexity index is 518. The molecule has 16 heavy (non-hydrogen) atoms. The van der Waals surface area contributed by atoms with Crippen LogP contribution in [0.15, 0.2) is 24.3 Å². The van der Waals surface area contributed by atoms with E-state index in [1.807, 2.05) is 26.0 Å². The molecule has 0 saturated carbocycles. The fourth-order valence-electron chi connectivity index (χ4n) is 1.33. The van der Waals surface area contributed by atoms with Crippen LogP contribution in [-0.2, 0) is 0 Å². The number of hydrogen-bond donors (Lipinski definition) is 2. The van der Waals surface area contributed by atoms with E-state index in [2.05, 4.69) is 20.5 Å². The highest BCUT2D eigenvalue weighted by atomic mass is 16.2. The number of H-pyrrole nitrogens is 1. The molecule has 2 aromatic heterocycles. The number of aromatic nitrogens is 3. The maximum absolute atomic E-state index is 11.7. The third kappa shape index (κ3) is 2.25. The molecule has 0 unspecified atom stereocenters. The molecule has 0 aromatic carbocycles. The number of amides is 1. The van der Waals surface area contributed by atoms with E-state index in [0.717, 1.165) is 11.4 Å². The summed E-state index contributed by atoms with van der Waals surface area (Å²) in [7, 11) is 0. The first-order chi connectivity index (χ1) is 7.65. The van der Waals surface area contributed by atoms with Crippen molar-refractivity contribution in [2.45, 2.75) is 13.8 Å². The molecule has 0 radical (unpaired) electrons. The normalized spacial score (nSPS) is 10.1. The fraction of sp³-hybridized carbons (Fsp3) is 0.182. The third-order valence-corrected chi connectivity index (χ3v) is 2.07. The maximum Gasteiger partial charge on any atom is 0.277 e. The Hall–Kier alpha value is -2.17. The van der Waals surface area contributed by atoms with Gasteiger partial charge in [-0.25, -0.2) is 4.98 Å². The molecule has 0 spiro atoms. The average molecular weight is 216 g/mol. The number of nitrogens with one attached hydrogen (secondary N) is 2. The van der Waals surface area contributed by atoms with Gasteiger partial charge in [-0.2, -0.15) is 5.10 Å². The summed E-state index contributed by atoms with van der Waals surface area (Å²) < 4.78 is 0. The summed E-state index contributed by atoms with van der Waals surface area (Å²) in [4.78, 5) is 15.9. The number of rotatable bonds is 2. The lowest BCUT2D eigenvalue weighted by Gasteiger charge is -2.02. The minimum absolute atomic E-state index is 0.262. The van der Waals surface area contributed by atoms with Crippen LogP contribution in [0.25, 0.3) is 0 Å². The molecule has 0 saturated heterocycles. The highest BCUT2D eigenvalue weighted by Crippen LogP contribution is 2.06. The lowest BCUT2D eigenvalue weighted by atomic mass is 10.3. The minimum atomic E-state index is -0.262. The summed E-state index contributed by atoms with van der Waals surface area (Å²) in [6, 6.07) is 7.14. The standard InChI is InChI=1S/C11H12N4O/c1-7-4-3-5-10(12-7)13-11(16)9-6-8(2)14-15-9/h3-6H,1-2H3,(H,14,15)(H,12,13,16). The van der Waals surface area contributed by atoms with Crippen molar-refractivity contribution in [3.8, 4) is 0 Å². The monoisotopic (exact) mass is 216 g/mol. The summed E-state index contributed by atoms with van der Waals surface area (Å²) >= 11 is 0. The Balaban J connectivity index is 2.13. The topological polar surface area (TPSA) is 70.7 Å². The summed E-state index contributed by atoms with van der Waals surface area (Å²) in [5.41, 5.74) is 2.07. The van der Waals surface area contributed by atoms with E-state index in [-0.39, 0.29) is 5.91 Å². The van der Waals surface area contributed by atoms with Crippen LogP contribution in [0.3, 0.4) is 0 Å². The molecule has 0 aliphatic rings. The second-order valence-corrected chi connectivity index (χ2v) is 3.55. The van der Waals surface area contributed by atoms with Crippen molar-refractivity contribution in [2.75, 3.05) is 5.32 Å². The second kappa shape index (κ2) is 4.14. The number of carbonyl (C=O) groups is 1. The lowest BCUT2D eigenvalue weighted by molar-refractivity contribution is 0.102. The molecule has 0 bridgehead atoms. The van der Waals surface area contributed by atoms with Crippen LogP contribution in [0.1, 0.15) is 21.9 Å². The van der Waals surface area contributed by atoms with Gasteiger partial charge in [0.15, 0.2) is 5.69 Å². The van der Waals surface area contributed by atoms with E-state index in [0.29, 0.717) is 11.5 Å². The Morgan fingerprint density at radius 1 is 1.38 bits per heavy atom. The van der Waals surface area contributed by atoms with Crippen molar-refractivity contribution in [1.82, 2.24) is 15.2 Å². The lowest BCUT2D eigenvalue weighted by Crippen LogP contribution is -2.13. The Morgan fingerprint density at radius 3 is 2.81 bits per heavy atom. The number of aromatic amines is 1. The molecular weight excluding hydrogens is 204 g/mol. The molecule has 0 aliphatic carbocycles. The summed E-state index contributed by atoms with van der Waals surface area (Å²) in [5.74, 6) is 0.271. The van der Waals surface area contributed by atoms with Gasteiger partial charge in [-0.05, 0) is 32.0 Å². The predicted octanol–water partition coefficient (Wildman–Crippen LogP) is 1.67. The zero-order chi connectivity index (χ0) is 11.5. The molecule has 5 nitrogen and oxygen atoms in total. The number of carbonyl (C=O) groups excluding carboxylic acids is 1. The average Bonchev–Trinajstić information content (AvgIpc) is 2.65. The van der Waals surface area contributed by atoms with Gasteiger partial charge in [0.2, 0.25) is 0 Å². The van der Waals surface area contributed by atoms with Crippen molar-refractivity contribution in [3.05, 3.63) is 41.3 Å². The molecule has 1 amide bonds. The van der Waals surface area contributed by atoms with Gasteiger partial charge in [0.1, 0.15) is 5.82 Å². The predicted molar refractivity (Wildman–Crippen MR) is 60.3 cm³/mol. The fourth-order valence-corrected chi connectivity index (χ4v) is 1.33. The van der Waals surface area contributed by atoms with Gasteiger partial charge in [-0.15, -0.1) is 0 Å². The van der Waals surface area contributed by atoms with E-state index < -0.39 is 0 Å². The molecule has 2 aromatic rings. The van der Waals surface area contributed by atoms with Crippen LogP contribution in [0.5, 0.6) is 0 Å². The van der Waals surface area contributed by atoms with E-state index in [1.54, 1.807) is 12.1 Å². The largest absolute Gasteiger partial charge is 0.305 e. The molecule has 2 N–H and O–H groups in total. The van der Waals surface area contributed by atoms with Crippen LogP contribution in [0.2, 0.25) is 0 Å². The quantitative estimate of drug-likeness (QED) is 0.802. The van der Waals surface area contributed by atoms with Crippen molar-refractivity contribution in [2.24, 2.45) is 0 Å². The van der Waals surface area contributed by atoms with Crippen LogP contribution in [0, 0.1) is 13.8 Å². The van der Waals surface area contributed by atoms with Crippen LogP contribution < -0.4 is 5.32 Å². The molecular formula is C11H12N4O. The van der Waals surface area contributed by atoms with Crippen molar-refractivity contribution in [1.29, 1.82) is 0 Å². The Kier molecular flexibility index (Phi) is 2.68. The molecule has 2 rings (SSSR count). The van der Waals surface area contributed by atoms with Crippen LogP contribution in [-0.4, -0.2) is 21.1 Å². The van der Waals surface area contributed by atoms with Gasteiger partial charge in [-0.1, -0.05) is 6.07 Å². The number of pyridine rings is 1. The molecule has 82 valence electrons. The van der Waals surface area contributed by atoms with Gasteiger partial charge < -0.3 is 5.32 Å². The highest BCUT2D eigenvalue weighted by Gasteiger charge is 2.09. The summed E-state index contributed by atoms with van der Waals surface area (Å²) in [6.07, 6.45) is 0. The zero-order valence-electron chi connectivity index (χ0n) is 9.11. The van der Waals surface area contributed by atoms with Gasteiger partial charge in [0, 0.05) is 11.4 Å². The van der Waals surface area contributed by atoms with Crippen LogP contribution >= 0.6 is 0 Å². The van der Waals surface area contributed by atoms with E-state index in [4.69, 9.17) is 0 Å². The smallest absolute Gasteiger partial charge is 0.277 e. The third-order valence-electron chi connectivity index (χ3n) is 2.07. The molecule has 0 fully saturated rings. The molecule has 2 heterocycles. The van der Waals surface area contributed by atoms with Gasteiger partial charge in [0.25, 0.3) is 5.91 Å². The first-order valence-electron chi connectivity index (χ1n) is 4.92. The zero-order valence-corrected chi connectivity index (χ0v) is 9.11.